The molecule has 0 unspecified atom stereocenters. The summed E-state index contributed by atoms with van der Waals surface area (Å²) in [6.07, 6.45) is 18.8. The average molecular weight is 532 g/mol. The van der Waals surface area contributed by atoms with Crippen molar-refractivity contribution in [3.8, 4) is 5.75 Å². The van der Waals surface area contributed by atoms with Gasteiger partial charge >= 0.3 is 0 Å². The van der Waals surface area contributed by atoms with Gasteiger partial charge in [-0.05, 0) is 97.3 Å². The van der Waals surface area contributed by atoms with Crippen LogP contribution in [-0.2, 0) is 13.0 Å². The number of phenolic OH excluding ortho intramolecular Hbond substituents is 1. The highest BCUT2D eigenvalue weighted by atomic mass is 16.3. The molecule has 0 bridgehead atoms. The molecule has 2 fully saturated rings. The Morgan fingerprint density at radius 1 is 1.03 bits per heavy atom. The summed E-state index contributed by atoms with van der Waals surface area (Å²) in [4.78, 5) is 12.7. The molecule has 7 heteroatoms. The van der Waals surface area contributed by atoms with Crippen molar-refractivity contribution in [3.63, 3.8) is 0 Å². The number of nitrogens with zero attached hydrogens (tertiary/aromatic N) is 4. The Kier molecular flexibility index (Phi) is 7.54. The smallest absolute Gasteiger partial charge is 0.165 e. The minimum absolute atomic E-state index is 0.0819. The number of fused-ring (bicyclic) bond motifs is 6. The monoisotopic (exact) mass is 531 g/mol. The molecule has 0 amide bonds. The normalized spacial score (nSPS) is 29.7. The lowest BCUT2D eigenvalue weighted by atomic mass is 9.55. The molecule has 0 aliphatic heterocycles. The minimum Gasteiger partial charge on any atom is -0.508 e. The van der Waals surface area contributed by atoms with Crippen LogP contribution in [0.3, 0.4) is 0 Å². The first-order valence-corrected chi connectivity index (χ1v) is 15.4. The number of aryl methyl sites for hydroxylation is 2. The van der Waals surface area contributed by atoms with Crippen LogP contribution < -0.4 is 5.73 Å². The number of unbranched alkanes of at least 4 members (excludes halogenated alkanes) is 6. The summed E-state index contributed by atoms with van der Waals surface area (Å²) in [6.45, 7) is 3.31. The average Bonchev–Trinajstić information content (AvgIpc) is 3.46. The maximum Gasteiger partial charge on any atom is 0.165 e. The van der Waals surface area contributed by atoms with Crippen molar-refractivity contribution < 1.29 is 10.2 Å². The second kappa shape index (κ2) is 11.1. The van der Waals surface area contributed by atoms with E-state index in [1.54, 1.807) is 0 Å². The number of phenols is 1. The maximum absolute atomic E-state index is 11.5. The van der Waals surface area contributed by atoms with Gasteiger partial charge in [-0.15, -0.1) is 0 Å². The first-order valence-electron chi connectivity index (χ1n) is 15.4. The van der Waals surface area contributed by atoms with E-state index in [0.717, 1.165) is 31.5 Å². The molecule has 1 aromatic carbocycles. The number of aliphatic hydroxyl groups excluding tert-OH is 1. The van der Waals surface area contributed by atoms with Crippen LogP contribution in [-0.4, -0.2) is 35.8 Å². The number of nitrogens with two attached hydrogens (primary N) is 1. The molecule has 2 aromatic heterocycles. The van der Waals surface area contributed by atoms with Gasteiger partial charge in [0.2, 0.25) is 0 Å². The predicted molar refractivity (Wildman–Crippen MR) is 154 cm³/mol. The highest BCUT2D eigenvalue weighted by Crippen LogP contribution is 2.62. The van der Waals surface area contributed by atoms with Gasteiger partial charge in [-0.2, -0.15) is 0 Å². The van der Waals surface area contributed by atoms with Gasteiger partial charge in [-0.1, -0.05) is 51.5 Å². The number of aromatic nitrogens is 4. The third kappa shape index (κ3) is 5.03. The van der Waals surface area contributed by atoms with Crippen LogP contribution in [0.1, 0.15) is 101 Å². The molecule has 2 saturated carbocycles. The predicted octanol–water partition coefficient (Wildman–Crippen LogP) is 6.38. The Labute approximate surface area is 232 Å². The largest absolute Gasteiger partial charge is 0.508 e. The number of rotatable bonds is 10. The fourth-order valence-electron chi connectivity index (χ4n) is 8.63. The first kappa shape index (κ1) is 26.5. The molecule has 7 nitrogen and oxygen atoms in total. The zero-order chi connectivity index (χ0) is 27.0. The topological polar surface area (TPSA) is 110 Å². The molecule has 3 aromatic rings. The van der Waals surface area contributed by atoms with Gasteiger partial charge in [-0.25, -0.2) is 15.0 Å². The highest BCUT2D eigenvalue weighted by molar-refractivity contribution is 5.81. The zero-order valence-corrected chi connectivity index (χ0v) is 23.4. The van der Waals surface area contributed by atoms with Crippen LogP contribution in [0.2, 0.25) is 0 Å². The van der Waals surface area contributed by atoms with Crippen molar-refractivity contribution >= 4 is 17.0 Å². The third-order valence-corrected chi connectivity index (χ3v) is 10.7. The van der Waals surface area contributed by atoms with E-state index < -0.39 is 0 Å². The number of aromatic hydroxyl groups is 1. The van der Waals surface area contributed by atoms with Crippen LogP contribution in [0.5, 0.6) is 5.75 Å². The number of nitrogen functional groups attached to an aromatic ring is 1. The van der Waals surface area contributed by atoms with Gasteiger partial charge in [0.05, 0.1) is 12.4 Å². The molecular formula is C32H45N5O2. The third-order valence-electron chi connectivity index (χ3n) is 10.7. The zero-order valence-electron chi connectivity index (χ0n) is 23.4. The van der Waals surface area contributed by atoms with Crippen LogP contribution in [0.15, 0.2) is 30.9 Å². The molecule has 6 atom stereocenters. The molecule has 3 aliphatic rings. The van der Waals surface area contributed by atoms with Crippen molar-refractivity contribution in [2.75, 3.05) is 5.73 Å². The summed E-state index contributed by atoms with van der Waals surface area (Å²) in [5, 5.41) is 21.4. The Morgan fingerprint density at radius 3 is 2.67 bits per heavy atom. The van der Waals surface area contributed by atoms with E-state index in [9.17, 15) is 10.2 Å². The van der Waals surface area contributed by atoms with Crippen molar-refractivity contribution in [1.82, 2.24) is 19.5 Å². The second-order valence-corrected chi connectivity index (χ2v) is 12.9. The van der Waals surface area contributed by atoms with E-state index in [4.69, 9.17) is 5.73 Å². The molecule has 3 aliphatic carbocycles. The lowest BCUT2D eigenvalue weighted by Gasteiger charge is -2.50. The molecule has 6 rings (SSSR count). The van der Waals surface area contributed by atoms with E-state index in [1.165, 1.54) is 81.7 Å². The Morgan fingerprint density at radius 2 is 1.82 bits per heavy atom. The van der Waals surface area contributed by atoms with E-state index in [2.05, 4.69) is 32.5 Å². The quantitative estimate of drug-likeness (QED) is 0.262. The lowest BCUT2D eigenvalue weighted by Crippen LogP contribution is -2.44. The number of benzene rings is 1. The molecule has 210 valence electrons. The van der Waals surface area contributed by atoms with Gasteiger partial charge in [0.25, 0.3) is 0 Å². The Balaban J connectivity index is 0.916. The lowest BCUT2D eigenvalue weighted by molar-refractivity contribution is -0.0335. The van der Waals surface area contributed by atoms with Crippen LogP contribution in [0.4, 0.5) is 5.82 Å². The molecule has 0 saturated heterocycles. The van der Waals surface area contributed by atoms with Gasteiger partial charge in [0.15, 0.2) is 11.5 Å². The van der Waals surface area contributed by atoms with Crippen molar-refractivity contribution in [2.24, 2.45) is 23.2 Å². The van der Waals surface area contributed by atoms with Crippen LogP contribution >= 0.6 is 0 Å². The van der Waals surface area contributed by atoms with Crippen molar-refractivity contribution in [2.45, 2.75) is 109 Å². The van der Waals surface area contributed by atoms with E-state index in [0.29, 0.717) is 40.8 Å². The number of hydrogen-bond donors (Lipinski definition) is 3. The SMILES string of the molecule is C[C@]12CC[C@@H]3c4ccc(O)cc4CC[C@H]3[C@@H]1C[C@H](CCCCCCCCCn1cnc3c(N)ncnc31)[C@@H]2O. The molecule has 0 spiro atoms. The van der Waals surface area contributed by atoms with E-state index in [-0.39, 0.29) is 11.5 Å². The van der Waals surface area contributed by atoms with Crippen LogP contribution in [0, 0.1) is 23.2 Å². The highest BCUT2D eigenvalue weighted by Gasteiger charge is 2.57. The Bertz CT molecular complexity index is 1290. The number of anilines is 1. The summed E-state index contributed by atoms with van der Waals surface area (Å²) in [5.74, 6) is 3.23. The molecule has 2 heterocycles. The fourth-order valence-corrected chi connectivity index (χ4v) is 8.63. The molecule has 39 heavy (non-hydrogen) atoms. The van der Waals surface area contributed by atoms with Crippen molar-refractivity contribution in [1.29, 1.82) is 0 Å². The fraction of sp³-hybridized carbons (Fsp3) is 0.656. The summed E-state index contributed by atoms with van der Waals surface area (Å²) in [5.41, 5.74) is 10.3. The second-order valence-electron chi connectivity index (χ2n) is 12.9. The van der Waals surface area contributed by atoms with E-state index in [1.807, 2.05) is 18.5 Å². The minimum atomic E-state index is -0.149. The number of hydrogen-bond acceptors (Lipinski definition) is 6. The first-order chi connectivity index (χ1) is 19.0. The summed E-state index contributed by atoms with van der Waals surface area (Å²) < 4.78 is 2.08. The Hall–Kier alpha value is -2.67. The van der Waals surface area contributed by atoms with Crippen LogP contribution in [0.25, 0.3) is 11.2 Å². The molecule has 0 radical (unpaired) electrons. The molecule has 4 N–H and O–H groups in total. The number of aliphatic hydroxyl groups is 1. The molecular weight excluding hydrogens is 486 g/mol. The number of imidazole rings is 1. The summed E-state index contributed by atoms with van der Waals surface area (Å²) in [6, 6.07) is 6.03. The van der Waals surface area contributed by atoms with E-state index >= 15 is 0 Å². The van der Waals surface area contributed by atoms with Gasteiger partial charge in [0, 0.05) is 6.54 Å². The van der Waals surface area contributed by atoms with Gasteiger partial charge in [-0.3, -0.25) is 0 Å². The maximum atomic E-state index is 11.5. The van der Waals surface area contributed by atoms with Crippen molar-refractivity contribution in [3.05, 3.63) is 42.0 Å². The summed E-state index contributed by atoms with van der Waals surface area (Å²) in [7, 11) is 0. The standard InChI is InChI=1S/C32H45N5O2/c1-32-15-14-25-24-13-11-23(38)17-21(24)10-12-26(25)27(32)18-22(29(32)39)9-7-5-3-2-4-6-8-16-37-20-36-28-30(33)34-19-35-31(28)37/h11,13,17,19-20,22,25-27,29,38-39H,2-10,12,14-16,18H2,1H3,(H2,33,34,35)/t22-,25+,26+,27-,29-,32-/m0/s1. The summed E-state index contributed by atoms with van der Waals surface area (Å²) >= 11 is 0. The van der Waals surface area contributed by atoms with Gasteiger partial charge in [0.1, 0.15) is 17.6 Å². The van der Waals surface area contributed by atoms with Gasteiger partial charge < -0.3 is 20.5 Å².